The van der Waals surface area contributed by atoms with Gasteiger partial charge in [0.2, 0.25) is 0 Å². The molecule has 0 bridgehead atoms. The van der Waals surface area contributed by atoms with Crippen LogP contribution >= 0.6 is 0 Å². The fourth-order valence-corrected chi connectivity index (χ4v) is 1.84. The van der Waals surface area contributed by atoms with E-state index in [0.717, 1.165) is 0 Å². The molecule has 2 aromatic rings. The van der Waals surface area contributed by atoms with Crippen LogP contribution in [-0.2, 0) is 0 Å². The van der Waals surface area contributed by atoms with Crippen molar-refractivity contribution in [2.75, 3.05) is 20.0 Å². The smallest absolute Gasteiger partial charge is 0.0819 e. The van der Waals surface area contributed by atoms with Gasteiger partial charge in [-0.25, -0.2) is 0 Å². The number of piperidine rings is 1. The molecule has 3 rings (SSSR count). The molecule has 16 heavy (non-hydrogen) atoms. The van der Waals surface area contributed by atoms with Gasteiger partial charge in [-0.15, -0.1) is 0 Å². The number of likely N-dealkylation sites (tertiary alicyclic amines) is 1. The van der Waals surface area contributed by atoms with Crippen molar-refractivity contribution < 1.29 is 16.4 Å². The second-order valence-corrected chi connectivity index (χ2v) is 3.67. The first-order valence-electron chi connectivity index (χ1n) is 11.0. The summed E-state index contributed by atoms with van der Waals surface area (Å²) >= 11 is 0. The highest BCUT2D eigenvalue weighted by atomic mass is 15.1. The van der Waals surface area contributed by atoms with Gasteiger partial charge in [0, 0.05) is 26.7 Å². The van der Waals surface area contributed by atoms with Gasteiger partial charge in [0.25, 0.3) is 0 Å². The molecule has 0 aliphatic carbocycles. The van der Waals surface area contributed by atoms with E-state index in [4.69, 9.17) is 16.4 Å². The Labute approximate surface area is 113 Å². The van der Waals surface area contributed by atoms with Gasteiger partial charge in [0.05, 0.1) is 6.85 Å². The highest BCUT2D eigenvalue weighted by Crippen LogP contribution is 2.32. The zero-order chi connectivity index (χ0) is 21.4. The average Bonchev–Trinajstić information content (AvgIpc) is 2.84. The molecular formula is C14H18N2. The van der Waals surface area contributed by atoms with Crippen molar-refractivity contribution in [2.24, 2.45) is 0 Å². The maximum absolute atomic E-state index is 8.19. The summed E-state index contributed by atoms with van der Waals surface area (Å²) in [4.78, 5) is 2.80. The molecule has 1 saturated heterocycles. The third-order valence-corrected chi connectivity index (χ3v) is 2.68. The van der Waals surface area contributed by atoms with Gasteiger partial charge in [0.1, 0.15) is 0 Å². The molecule has 0 unspecified atom stereocenters. The maximum Gasteiger partial charge on any atom is 0.0819 e. The van der Waals surface area contributed by atoms with E-state index in [-0.39, 0.29) is 33.6 Å². The number of rotatable bonds is 1. The largest absolute Gasteiger partial charge is 0.361 e. The van der Waals surface area contributed by atoms with Crippen LogP contribution in [0.3, 0.4) is 0 Å². The Morgan fingerprint density at radius 3 is 3.06 bits per heavy atom. The van der Waals surface area contributed by atoms with Gasteiger partial charge in [-0.05, 0) is 50.3 Å². The van der Waals surface area contributed by atoms with E-state index in [1.165, 1.54) is 0 Å². The average molecular weight is 226 g/mol. The van der Waals surface area contributed by atoms with Gasteiger partial charge < -0.3 is 9.88 Å². The third-order valence-electron chi connectivity index (χ3n) is 2.68. The van der Waals surface area contributed by atoms with Crippen molar-refractivity contribution in [1.82, 2.24) is 9.88 Å². The Kier molecular flexibility index (Phi) is 0.828. The summed E-state index contributed by atoms with van der Waals surface area (Å²) in [5, 5.41) is 0.00920. The lowest BCUT2D eigenvalue weighted by atomic mass is 9.89. The van der Waals surface area contributed by atoms with Crippen LogP contribution in [0.2, 0.25) is 0 Å². The van der Waals surface area contributed by atoms with Crippen LogP contribution < -0.4 is 0 Å². The molecule has 2 heteroatoms. The van der Waals surface area contributed by atoms with Crippen LogP contribution in [0.1, 0.15) is 40.8 Å². The summed E-state index contributed by atoms with van der Waals surface area (Å²) in [6.45, 7) is -8.12. The lowest BCUT2D eigenvalue weighted by Gasteiger charge is -2.28. The summed E-state index contributed by atoms with van der Waals surface area (Å²) < 4.78 is 95.0. The van der Waals surface area contributed by atoms with Gasteiger partial charge in [-0.3, -0.25) is 0 Å². The maximum atomic E-state index is 8.19. The van der Waals surface area contributed by atoms with Crippen LogP contribution in [-0.4, -0.2) is 29.9 Å². The minimum absolute atomic E-state index is 0.00891. The molecule has 1 aliphatic rings. The Balaban J connectivity index is 2.21. The van der Waals surface area contributed by atoms with E-state index in [1.54, 1.807) is 0 Å². The molecule has 84 valence electrons. The second-order valence-electron chi connectivity index (χ2n) is 3.67. The molecule has 0 atom stereocenters. The number of aromatic nitrogens is 1. The zero-order valence-electron chi connectivity index (χ0n) is 20.4. The van der Waals surface area contributed by atoms with Crippen molar-refractivity contribution in [3.8, 4) is 0 Å². The van der Waals surface area contributed by atoms with Gasteiger partial charge >= 0.3 is 0 Å². The van der Waals surface area contributed by atoms with E-state index in [9.17, 15) is 0 Å². The summed E-state index contributed by atoms with van der Waals surface area (Å²) in [5.74, 6) is -0.954. The number of aromatic amines is 1. The first-order chi connectivity index (χ1) is 12.6. The van der Waals surface area contributed by atoms with Crippen LogP contribution in [0.25, 0.3) is 10.9 Å². The van der Waals surface area contributed by atoms with E-state index < -0.39 is 56.9 Å². The van der Waals surface area contributed by atoms with Gasteiger partial charge in [-0.1, -0.05) is 18.1 Å². The Hall–Kier alpha value is -1.28. The standard InChI is InChI=1S/C14H18N2/c1-16-8-6-11(7-9-16)13-10-15-14-5-3-2-4-12(13)14/h2-5,10-11,15H,6-9H2,1H3/i1D3,2D,3D,4D,5D,8D2,9D2,10D. The van der Waals surface area contributed by atoms with Crippen molar-refractivity contribution in [1.29, 1.82) is 0 Å². The van der Waals surface area contributed by atoms with E-state index >= 15 is 0 Å². The molecule has 1 aliphatic heterocycles. The van der Waals surface area contributed by atoms with Gasteiger partial charge in [-0.2, -0.15) is 0 Å². The molecule has 1 aromatic heterocycles. The van der Waals surface area contributed by atoms with Gasteiger partial charge in [0.15, 0.2) is 0 Å². The molecule has 2 nitrogen and oxygen atoms in total. The Morgan fingerprint density at radius 1 is 1.44 bits per heavy atom. The molecule has 0 saturated carbocycles. The summed E-state index contributed by atoms with van der Waals surface area (Å²) in [5.41, 5.74) is 0.0605. The Morgan fingerprint density at radius 2 is 2.25 bits per heavy atom. The predicted molar refractivity (Wildman–Crippen MR) is 67.8 cm³/mol. The molecule has 1 fully saturated rings. The number of hydrogen-bond donors (Lipinski definition) is 1. The first-order valence-corrected chi connectivity index (χ1v) is 4.98. The number of nitrogens with zero attached hydrogens (tertiary/aromatic N) is 1. The highest BCUT2D eigenvalue weighted by molar-refractivity contribution is 5.83. The topological polar surface area (TPSA) is 19.0 Å². The lowest BCUT2D eigenvalue weighted by Crippen LogP contribution is -2.29. The van der Waals surface area contributed by atoms with Crippen LogP contribution in [0.4, 0.5) is 0 Å². The van der Waals surface area contributed by atoms with Crippen molar-refractivity contribution in [2.45, 2.75) is 18.8 Å². The van der Waals surface area contributed by atoms with Crippen molar-refractivity contribution >= 4 is 10.9 Å². The number of nitrogens with one attached hydrogen (secondary N) is 1. The molecular weight excluding hydrogens is 196 g/mol. The zero-order valence-corrected chi connectivity index (χ0v) is 8.44. The molecule has 1 N–H and O–H groups in total. The number of H-pyrrole nitrogens is 1. The minimum Gasteiger partial charge on any atom is -0.361 e. The summed E-state index contributed by atoms with van der Waals surface area (Å²) in [7, 11) is 0. The van der Waals surface area contributed by atoms with Crippen molar-refractivity contribution in [3.63, 3.8) is 0 Å². The van der Waals surface area contributed by atoms with E-state index in [0.29, 0.717) is 0 Å². The SMILES string of the molecule is [2H]c1[nH]c2c([2H])c([2H])c([2H])c([2H])c2c1C1CC([2H])([2H])N(C([2H])([2H])[2H])C([2H])([2H])C1. The van der Waals surface area contributed by atoms with Crippen molar-refractivity contribution in [3.05, 3.63) is 35.9 Å². The molecule has 0 amide bonds. The van der Waals surface area contributed by atoms with Crippen LogP contribution in [0.15, 0.2) is 30.3 Å². The molecule has 1 aromatic carbocycles. The third kappa shape index (κ3) is 1.63. The monoisotopic (exact) mass is 226 g/mol. The molecule has 2 heterocycles. The predicted octanol–water partition coefficient (Wildman–Crippen LogP) is 2.98. The number of benzene rings is 1. The summed E-state index contributed by atoms with van der Waals surface area (Å²) in [6.07, 6.45) is -1.14. The van der Waals surface area contributed by atoms with E-state index in [1.807, 2.05) is 0 Å². The lowest BCUT2D eigenvalue weighted by molar-refractivity contribution is 0.256. The normalized spacial score (nSPS) is 37.2. The van der Waals surface area contributed by atoms with Crippen LogP contribution in [0, 0.1) is 0 Å². The fourth-order valence-electron chi connectivity index (χ4n) is 1.84. The molecule has 0 spiro atoms. The first kappa shape index (κ1) is 3.36. The van der Waals surface area contributed by atoms with Crippen LogP contribution in [0.5, 0.6) is 0 Å². The Bertz CT molecular complexity index is 926. The highest BCUT2D eigenvalue weighted by Gasteiger charge is 2.20. The number of fused-ring (bicyclic) bond motifs is 1. The number of hydrogen-bond acceptors (Lipinski definition) is 1. The van der Waals surface area contributed by atoms with E-state index in [2.05, 4.69) is 4.98 Å². The second kappa shape index (κ2) is 3.95. The minimum atomic E-state index is -3.01. The fraction of sp³-hybridized carbons (Fsp3) is 0.429. The summed E-state index contributed by atoms with van der Waals surface area (Å²) in [6, 6.07) is -1.77. The molecule has 0 radical (unpaired) electrons. The quantitative estimate of drug-likeness (QED) is 0.792. The number of para-hydroxylation sites is 1.